The van der Waals surface area contributed by atoms with Crippen molar-refractivity contribution in [2.45, 2.75) is 19.3 Å². The second-order valence-corrected chi connectivity index (χ2v) is 6.53. The number of rotatable bonds is 6. The maximum atomic E-state index is 5.94. The van der Waals surface area contributed by atoms with Crippen LogP contribution >= 0.6 is 11.3 Å². The van der Waals surface area contributed by atoms with E-state index in [0.717, 1.165) is 41.8 Å². The fraction of sp³-hybridized carbons (Fsp3) is 0.412. The Balaban J connectivity index is 1.50. The third-order valence-corrected chi connectivity index (χ3v) is 4.86. The van der Waals surface area contributed by atoms with E-state index in [1.807, 2.05) is 24.3 Å². The van der Waals surface area contributed by atoms with Crippen LogP contribution in [0.15, 0.2) is 34.6 Å². The molecule has 0 aliphatic carbocycles. The number of ether oxygens (including phenoxy) is 1. The summed E-state index contributed by atoms with van der Waals surface area (Å²) in [7, 11) is 1.64. The molecule has 2 aromatic rings. The predicted molar refractivity (Wildman–Crippen MR) is 100 cm³/mol. The molecule has 0 saturated carbocycles. The van der Waals surface area contributed by atoms with Crippen LogP contribution in [-0.2, 0) is 6.42 Å². The normalized spacial score (nSPS) is 14.9. The molecule has 7 heteroatoms. The van der Waals surface area contributed by atoms with Gasteiger partial charge in [-0.05, 0) is 25.0 Å². The molecule has 6 nitrogen and oxygen atoms in total. The summed E-state index contributed by atoms with van der Waals surface area (Å²) in [5.41, 5.74) is 7.88. The van der Waals surface area contributed by atoms with Crippen molar-refractivity contribution in [3.05, 3.63) is 35.3 Å². The molecular weight excluding hydrogens is 322 g/mol. The van der Waals surface area contributed by atoms with Crippen LogP contribution in [0.3, 0.4) is 0 Å². The number of hydrogen-bond acceptors (Lipinski definition) is 5. The Morgan fingerprint density at radius 2 is 2.25 bits per heavy atom. The Hall–Kier alpha value is -2.28. The van der Waals surface area contributed by atoms with Gasteiger partial charge in [0.05, 0.1) is 12.8 Å². The number of nitrogens with two attached hydrogens (primary N) is 1. The zero-order valence-corrected chi connectivity index (χ0v) is 14.7. The van der Waals surface area contributed by atoms with Gasteiger partial charge in [0.1, 0.15) is 5.75 Å². The molecule has 3 rings (SSSR count). The molecule has 128 valence electrons. The number of anilines is 2. The van der Waals surface area contributed by atoms with Gasteiger partial charge in [0.2, 0.25) is 0 Å². The SMILES string of the molecule is COc1cccc(NC(N)=NCCc2csc(N3CCCC3)n2)c1. The van der Waals surface area contributed by atoms with Gasteiger partial charge in [-0.25, -0.2) is 4.98 Å². The zero-order valence-electron chi connectivity index (χ0n) is 13.9. The van der Waals surface area contributed by atoms with Crippen molar-refractivity contribution in [2.24, 2.45) is 10.7 Å². The van der Waals surface area contributed by atoms with E-state index in [1.165, 1.54) is 12.8 Å². The number of guanidine groups is 1. The van der Waals surface area contributed by atoms with Gasteiger partial charge < -0.3 is 20.7 Å². The Morgan fingerprint density at radius 3 is 3.04 bits per heavy atom. The van der Waals surface area contributed by atoms with Crippen LogP contribution in [0.5, 0.6) is 5.75 Å². The number of aliphatic imine (C=N–C) groups is 1. The summed E-state index contributed by atoms with van der Waals surface area (Å²) < 4.78 is 5.19. The summed E-state index contributed by atoms with van der Waals surface area (Å²) in [5.74, 6) is 1.18. The maximum absolute atomic E-state index is 5.94. The van der Waals surface area contributed by atoms with Gasteiger partial charge in [0.25, 0.3) is 0 Å². The number of thiazole rings is 1. The van der Waals surface area contributed by atoms with E-state index in [9.17, 15) is 0 Å². The Bertz CT molecular complexity index is 694. The first-order chi connectivity index (χ1) is 11.7. The largest absolute Gasteiger partial charge is 0.497 e. The highest BCUT2D eigenvalue weighted by molar-refractivity contribution is 7.13. The lowest BCUT2D eigenvalue weighted by Gasteiger charge is -2.12. The number of methoxy groups -OCH3 is 1. The Labute approximate surface area is 146 Å². The minimum Gasteiger partial charge on any atom is -0.497 e. The lowest BCUT2D eigenvalue weighted by molar-refractivity contribution is 0.415. The van der Waals surface area contributed by atoms with E-state index in [-0.39, 0.29) is 0 Å². The first-order valence-electron chi connectivity index (χ1n) is 8.15. The highest BCUT2D eigenvalue weighted by atomic mass is 32.1. The summed E-state index contributed by atoms with van der Waals surface area (Å²) >= 11 is 1.72. The minimum absolute atomic E-state index is 0.401. The molecule has 1 aliphatic heterocycles. The lowest BCUT2D eigenvalue weighted by atomic mass is 10.3. The van der Waals surface area contributed by atoms with Crippen LogP contribution in [0.25, 0.3) is 0 Å². The highest BCUT2D eigenvalue weighted by Crippen LogP contribution is 2.24. The number of aromatic nitrogens is 1. The second-order valence-electron chi connectivity index (χ2n) is 5.69. The molecule has 2 heterocycles. The molecule has 0 spiro atoms. The molecule has 0 amide bonds. The number of hydrogen-bond donors (Lipinski definition) is 2. The van der Waals surface area contributed by atoms with Crippen LogP contribution in [-0.4, -0.2) is 37.7 Å². The predicted octanol–water partition coefficient (Wildman–Crippen LogP) is 2.72. The second kappa shape index (κ2) is 8.01. The summed E-state index contributed by atoms with van der Waals surface area (Å²) in [6.07, 6.45) is 3.34. The molecule has 0 radical (unpaired) electrons. The Kier molecular flexibility index (Phi) is 5.53. The third-order valence-electron chi connectivity index (χ3n) is 3.91. The van der Waals surface area contributed by atoms with Crippen molar-refractivity contribution in [1.82, 2.24) is 4.98 Å². The van der Waals surface area contributed by atoms with Gasteiger partial charge in [-0.15, -0.1) is 11.3 Å². The van der Waals surface area contributed by atoms with Gasteiger partial charge in [-0.2, -0.15) is 0 Å². The van der Waals surface area contributed by atoms with Gasteiger partial charge >= 0.3 is 0 Å². The summed E-state index contributed by atoms with van der Waals surface area (Å²) in [4.78, 5) is 11.4. The molecule has 1 aromatic carbocycles. The van der Waals surface area contributed by atoms with Crippen molar-refractivity contribution in [3.63, 3.8) is 0 Å². The van der Waals surface area contributed by atoms with Crippen molar-refractivity contribution in [1.29, 1.82) is 0 Å². The minimum atomic E-state index is 0.401. The van der Waals surface area contributed by atoms with Gasteiger partial charge in [-0.3, -0.25) is 4.99 Å². The third kappa shape index (κ3) is 4.38. The van der Waals surface area contributed by atoms with Crippen LogP contribution in [0.2, 0.25) is 0 Å². The average Bonchev–Trinajstić information content (AvgIpc) is 3.26. The highest BCUT2D eigenvalue weighted by Gasteiger charge is 2.15. The monoisotopic (exact) mass is 345 g/mol. The van der Waals surface area contributed by atoms with Crippen LogP contribution in [0, 0.1) is 0 Å². The average molecular weight is 345 g/mol. The molecule has 0 atom stereocenters. The zero-order chi connectivity index (χ0) is 16.8. The molecular formula is C17H23N5OS. The topological polar surface area (TPSA) is 75.8 Å². The maximum Gasteiger partial charge on any atom is 0.193 e. The van der Waals surface area contributed by atoms with Gasteiger partial charge in [-0.1, -0.05) is 6.07 Å². The van der Waals surface area contributed by atoms with Crippen LogP contribution in [0.1, 0.15) is 18.5 Å². The smallest absolute Gasteiger partial charge is 0.193 e. The number of nitrogens with zero attached hydrogens (tertiary/aromatic N) is 3. The molecule has 0 bridgehead atoms. The van der Waals surface area contributed by atoms with Gasteiger partial charge in [0.15, 0.2) is 11.1 Å². The quantitative estimate of drug-likeness (QED) is 0.622. The fourth-order valence-corrected chi connectivity index (χ4v) is 3.56. The molecule has 1 fully saturated rings. The molecule has 3 N–H and O–H groups in total. The molecule has 1 aromatic heterocycles. The summed E-state index contributed by atoms with van der Waals surface area (Å²) in [6.45, 7) is 2.87. The van der Waals surface area contributed by atoms with E-state index in [2.05, 4.69) is 20.6 Å². The van der Waals surface area contributed by atoms with E-state index >= 15 is 0 Å². The molecule has 1 aliphatic rings. The van der Waals surface area contributed by atoms with E-state index in [0.29, 0.717) is 12.5 Å². The van der Waals surface area contributed by atoms with Crippen molar-refractivity contribution >= 4 is 28.1 Å². The van der Waals surface area contributed by atoms with Crippen LogP contribution in [0.4, 0.5) is 10.8 Å². The van der Waals surface area contributed by atoms with Crippen molar-refractivity contribution < 1.29 is 4.74 Å². The fourth-order valence-electron chi connectivity index (χ4n) is 2.64. The van der Waals surface area contributed by atoms with Crippen LogP contribution < -0.4 is 20.7 Å². The molecule has 24 heavy (non-hydrogen) atoms. The number of nitrogens with one attached hydrogen (secondary N) is 1. The lowest BCUT2D eigenvalue weighted by Crippen LogP contribution is -2.23. The molecule has 0 unspecified atom stereocenters. The van der Waals surface area contributed by atoms with Gasteiger partial charge in [0, 0.05) is 43.2 Å². The first kappa shape index (κ1) is 16.6. The first-order valence-corrected chi connectivity index (χ1v) is 9.03. The summed E-state index contributed by atoms with van der Waals surface area (Å²) in [6, 6.07) is 7.60. The number of benzene rings is 1. The Morgan fingerprint density at radius 1 is 1.42 bits per heavy atom. The molecule has 1 saturated heterocycles. The standard InChI is InChI=1S/C17H23N5OS/c1-23-15-6-4-5-13(11-15)20-16(18)19-8-7-14-12-24-17(21-14)22-9-2-3-10-22/h4-6,11-12H,2-3,7-10H2,1H3,(H3,18,19,20). The summed E-state index contributed by atoms with van der Waals surface area (Å²) in [5, 5.41) is 6.33. The van der Waals surface area contributed by atoms with Crippen molar-refractivity contribution in [2.75, 3.05) is 37.0 Å². The van der Waals surface area contributed by atoms with E-state index in [4.69, 9.17) is 15.5 Å². The van der Waals surface area contributed by atoms with Crippen molar-refractivity contribution in [3.8, 4) is 5.75 Å². The van der Waals surface area contributed by atoms with E-state index < -0.39 is 0 Å². The van der Waals surface area contributed by atoms with E-state index in [1.54, 1.807) is 18.4 Å².